The molecule has 1 fully saturated rings. The fraction of sp³-hybridized carbons (Fsp3) is 0.294. The average Bonchev–Trinajstić information content (AvgIpc) is 3.28. The Bertz CT molecular complexity index is 603. The monoisotopic (exact) mass is 306 g/mol. The maximum Gasteiger partial charge on any atom is 0.0830 e. The summed E-state index contributed by atoms with van der Waals surface area (Å²) < 4.78 is 0. The summed E-state index contributed by atoms with van der Waals surface area (Å²) in [5.74, 6) is 0.747. The Hall–Kier alpha value is -1.02. The van der Waals surface area contributed by atoms with Crippen molar-refractivity contribution < 1.29 is 5.11 Å². The quantitative estimate of drug-likeness (QED) is 0.828. The second kappa shape index (κ2) is 5.77. The zero-order valence-corrected chi connectivity index (χ0v) is 12.5. The first-order chi connectivity index (χ1) is 9.63. The van der Waals surface area contributed by atoms with Gasteiger partial charge in [-0.1, -0.05) is 53.5 Å². The van der Waals surface area contributed by atoms with Crippen molar-refractivity contribution in [3.05, 3.63) is 69.2 Å². The Morgan fingerprint density at radius 3 is 2.30 bits per heavy atom. The first-order valence-corrected chi connectivity index (χ1v) is 7.61. The van der Waals surface area contributed by atoms with Gasteiger partial charge in [-0.15, -0.1) is 0 Å². The van der Waals surface area contributed by atoms with Gasteiger partial charge < -0.3 is 5.11 Å². The van der Waals surface area contributed by atoms with Crippen molar-refractivity contribution in [2.24, 2.45) is 0 Å². The van der Waals surface area contributed by atoms with E-state index in [9.17, 15) is 5.11 Å². The summed E-state index contributed by atoms with van der Waals surface area (Å²) in [6.07, 6.45) is 2.62. The molecule has 0 spiro atoms. The molecule has 1 aliphatic carbocycles. The lowest BCUT2D eigenvalue weighted by Crippen LogP contribution is -2.02. The van der Waals surface area contributed by atoms with E-state index in [4.69, 9.17) is 23.2 Å². The van der Waals surface area contributed by atoms with Crippen molar-refractivity contribution in [3.63, 3.8) is 0 Å². The molecule has 0 heterocycles. The normalized spacial score (nSPS) is 16.1. The van der Waals surface area contributed by atoms with E-state index in [1.165, 1.54) is 18.4 Å². The van der Waals surface area contributed by atoms with Gasteiger partial charge in [0, 0.05) is 6.42 Å². The van der Waals surface area contributed by atoms with Crippen LogP contribution in [0, 0.1) is 0 Å². The van der Waals surface area contributed by atoms with Crippen LogP contribution in [-0.2, 0) is 6.42 Å². The van der Waals surface area contributed by atoms with Crippen LogP contribution in [0.1, 0.15) is 41.6 Å². The van der Waals surface area contributed by atoms with Crippen molar-refractivity contribution in [2.75, 3.05) is 0 Å². The topological polar surface area (TPSA) is 20.2 Å². The van der Waals surface area contributed by atoms with Crippen LogP contribution < -0.4 is 0 Å². The molecular weight excluding hydrogens is 291 g/mol. The Morgan fingerprint density at radius 1 is 1.00 bits per heavy atom. The van der Waals surface area contributed by atoms with Crippen LogP contribution in [-0.4, -0.2) is 5.11 Å². The smallest absolute Gasteiger partial charge is 0.0830 e. The van der Waals surface area contributed by atoms with Crippen LogP contribution in [0.25, 0.3) is 0 Å². The Morgan fingerprint density at radius 2 is 1.70 bits per heavy atom. The van der Waals surface area contributed by atoms with E-state index in [2.05, 4.69) is 12.1 Å². The van der Waals surface area contributed by atoms with E-state index in [-0.39, 0.29) is 0 Å². The van der Waals surface area contributed by atoms with Crippen LogP contribution in [0.5, 0.6) is 0 Å². The zero-order chi connectivity index (χ0) is 14.1. The summed E-state index contributed by atoms with van der Waals surface area (Å²) in [4.78, 5) is 0. The third-order valence-electron chi connectivity index (χ3n) is 3.78. The molecule has 0 aliphatic heterocycles. The molecule has 0 saturated heterocycles. The van der Waals surface area contributed by atoms with Gasteiger partial charge in [0.15, 0.2) is 0 Å². The maximum absolute atomic E-state index is 10.3. The second-order valence-corrected chi connectivity index (χ2v) is 6.22. The van der Waals surface area contributed by atoms with E-state index in [1.54, 1.807) is 6.07 Å². The lowest BCUT2D eigenvalue weighted by atomic mass is 9.99. The number of rotatable bonds is 4. The van der Waals surface area contributed by atoms with E-state index in [0.29, 0.717) is 16.5 Å². The van der Waals surface area contributed by atoms with Gasteiger partial charge >= 0.3 is 0 Å². The third-order valence-corrected chi connectivity index (χ3v) is 4.52. The molecule has 2 aromatic carbocycles. The Kier molecular flexibility index (Phi) is 4.02. The van der Waals surface area contributed by atoms with Crippen molar-refractivity contribution in [2.45, 2.75) is 31.3 Å². The van der Waals surface area contributed by atoms with Crippen molar-refractivity contribution in [3.8, 4) is 0 Å². The highest BCUT2D eigenvalue weighted by atomic mass is 35.5. The number of halogens is 2. The number of benzene rings is 2. The summed E-state index contributed by atoms with van der Waals surface area (Å²) in [6, 6.07) is 13.8. The lowest BCUT2D eigenvalue weighted by molar-refractivity contribution is 0.178. The van der Waals surface area contributed by atoms with E-state index in [1.807, 2.05) is 24.3 Å². The Balaban J connectivity index is 1.71. The van der Waals surface area contributed by atoms with Gasteiger partial charge in [0.2, 0.25) is 0 Å². The van der Waals surface area contributed by atoms with E-state index < -0.39 is 6.10 Å². The molecule has 1 saturated carbocycles. The van der Waals surface area contributed by atoms with Gasteiger partial charge in [-0.25, -0.2) is 0 Å². The molecule has 0 amide bonds. The molecule has 1 atom stereocenters. The summed E-state index contributed by atoms with van der Waals surface area (Å²) in [5.41, 5.74) is 3.31. The van der Waals surface area contributed by atoms with E-state index in [0.717, 1.165) is 17.0 Å². The van der Waals surface area contributed by atoms with Crippen LogP contribution in [0.3, 0.4) is 0 Å². The van der Waals surface area contributed by atoms with E-state index >= 15 is 0 Å². The van der Waals surface area contributed by atoms with Gasteiger partial charge in [0.1, 0.15) is 0 Å². The van der Waals surface area contributed by atoms with Crippen LogP contribution >= 0.6 is 23.2 Å². The zero-order valence-electron chi connectivity index (χ0n) is 11.0. The van der Waals surface area contributed by atoms with Gasteiger partial charge in [0.05, 0.1) is 16.1 Å². The number of hydrogen-bond acceptors (Lipinski definition) is 1. The number of hydrogen-bond donors (Lipinski definition) is 1. The summed E-state index contributed by atoms with van der Waals surface area (Å²) >= 11 is 11.9. The first-order valence-electron chi connectivity index (χ1n) is 6.85. The van der Waals surface area contributed by atoms with Gasteiger partial charge in [-0.05, 0) is 47.6 Å². The molecule has 20 heavy (non-hydrogen) atoms. The number of aliphatic hydroxyl groups is 1. The SMILES string of the molecule is OC(Cc1ccc(Cl)c(Cl)c1)c1ccc(C2CC2)cc1. The summed E-state index contributed by atoms with van der Waals surface area (Å²) in [6.45, 7) is 0. The van der Waals surface area contributed by atoms with Crippen molar-refractivity contribution in [1.29, 1.82) is 0 Å². The molecule has 0 radical (unpaired) electrons. The van der Waals surface area contributed by atoms with Crippen LogP contribution in [0.2, 0.25) is 10.0 Å². The molecule has 1 N–H and O–H groups in total. The second-order valence-electron chi connectivity index (χ2n) is 5.41. The predicted octanol–water partition coefficient (Wildman–Crippen LogP) is 5.15. The van der Waals surface area contributed by atoms with Gasteiger partial charge in [-0.3, -0.25) is 0 Å². The molecule has 1 aliphatic rings. The summed E-state index contributed by atoms with van der Waals surface area (Å²) in [7, 11) is 0. The highest BCUT2D eigenvalue weighted by Gasteiger charge is 2.23. The summed E-state index contributed by atoms with van der Waals surface area (Å²) in [5, 5.41) is 11.4. The molecule has 0 aromatic heterocycles. The molecule has 0 bridgehead atoms. The first kappa shape index (κ1) is 13.9. The van der Waals surface area contributed by atoms with Crippen molar-refractivity contribution in [1.82, 2.24) is 0 Å². The average molecular weight is 307 g/mol. The largest absolute Gasteiger partial charge is 0.388 e. The van der Waals surface area contributed by atoms with Gasteiger partial charge in [-0.2, -0.15) is 0 Å². The minimum atomic E-state index is -0.513. The highest BCUT2D eigenvalue weighted by Crippen LogP contribution is 2.40. The van der Waals surface area contributed by atoms with Gasteiger partial charge in [0.25, 0.3) is 0 Å². The highest BCUT2D eigenvalue weighted by molar-refractivity contribution is 6.42. The number of aliphatic hydroxyl groups excluding tert-OH is 1. The lowest BCUT2D eigenvalue weighted by Gasteiger charge is -2.12. The molecule has 3 heteroatoms. The van der Waals surface area contributed by atoms with Crippen molar-refractivity contribution >= 4 is 23.2 Å². The Labute approximate surface area is 129 Å². The molecule has 104 valence electrons. The van der Waals surface area contributed by atoms with Crippen LogP contribution in [0.15, 0.2) is 42.5 Å². The molecule has 1 unspecified atom stereocenters. The minimum absolute atomic E-state index is 0.513. The molecule has 2 aromatic rings. The standard InChI is InChI=1S/C17H16Cl2O/c18-15-8-1-11(9-16(15)19)10-17(20)14-6-4-13(5-7-14)12-2-3-12/h1,4-9,12,17,20H,2-3,10H2. The fourth-order valence-corrected chi connectivity index (χ4v) is 2.74. The molecule has 1 nitrogen and oxygen atoms in total. The maximum atomic E-state index is 10.3. The predicted molar refractivity (Wildman–Crippen MR) is 83.5 cm³/mol. The minimum Gasteiger partial charge on any atom is -0.388 e. The molecule has 3 rings (SSSR count). The molecular formula is C17H16Cl2O. The van der Waals surface area contributed by atoms with Crippen LogP contribution in [0.4, 0.5) is 0 Å². The fourth-order valence-electron chi connectivity index (χ4n) is 2.41. The third kappa shape index (κ3) is 3.17.